The Hall–Kier alpha value is -1.84. The van der Waals surface area contributed by atoms with Gasteiger partial charge in [0.15, 0.2) is 0 Å². The molecule has 2 rings (SSSR count). The van der Waals surface area contributed by atoms with Gasteiger partial charge < -0.3 is 9.30 Å². The normalized spacial score (nSPS) is 11.0. The molecule has 0 aliphatic rings. The fourth-order valence-corrected chi connectivity index (χ4v) is 2.39. The smallest absolute Gasteiger partial charge is 0.0589 e. The fourth-order valence-electron chi connectivity index (χ4n) is 2.39. The molecular formula is C18H24N2O. The Kier molecular flexibility index (Phi) is 6.25. The van der Waals surface area contributed by atoms with Crippen molar-refractivity contribution >= 4 is 0 Å². The standard InChI is InChI=1S/C18H24N2O/c1-3-11-19(13-14-21-2)16-18-10-7-12-20(18)15-17-8-5-4-6-9-17/h3-10,12H,1,11,13-16H2,2H3. The molecule has 0 aliphatic heterocycles. The monoisotopic (exact) mass is 284 g/mol. The van der Waals surface area contributed by atoms with Crippen molar-refractivity contribution < 1.29 is 4.74 Å². The van der Waals surface area contributed by atoms with E-state index in [0.717, 1.165) is 32.8 Å². The van der Waals surface area contributed by atoms with Gasteiger partial charge in [0.2, 0.25) is 0 Å². The molecule has 0 radical (unpaired) electrons. The first kappa shape index (κ1) is 15.5. The van der Waals surface area contributed by atoms with Crippen molar-refractivity contribution in [1.29, 1.82) is 0 Å². The van der Waals surface area contributed by atoms with Crippen molar-refractivity contribution in [3.63, 3.8) is 0 Å². The van der Waals surface area contributed by atoms with Crippen LogP contribution in [0, 0.1) is 0 Å². The number of benzene rings is 1. The SMILES string of the molecule is C=CCN(CCOC)Cc1cccn1Cc1ccccc1. The molecule has 0 atom stereocenters. The Bertz CT molecular complexity index is 533. The Labute approximate surface area is 127 Å². The average Bonchev–Trinajstić information content (AvgIpc) is 2.93. The molecule has 1 aromatic carbocycles. The van der Waals surface area contributed by atoms with Gasteiger partial charge in [-0.05, 0) is 17.7 Å². The minimum atomic E-state index is 0.743. The highest BCUT2D eigenvalue weighted by atomic mass is 16.5. The summed E-state index contributed by atoms with van der Waals surface area (Å²) in [5.74, 6) is 0. The second-order valence-electron chi connectivity index (χ2n) is 5.13. The summed E-state index contributed by atoms with van der Waals surface area (Å²) in [4.78, 5) is 2.34. The molecule has 0 fully saturated rings. The topological polar surface area (TPSA) is 17.4 Å². The minimum Gasteiger partial charge on any atom is -0.383 e. The van der Waals surface area contributed by atoms with Crippen LogP contribution in [0.15, 0.2) is 61.3 Å². The first-order valence-corrected chi connectivity index (χ1v) is 7.33. The maximum absolute atomic E-state index is 5.18. The highest BCUT2D eigenvalue weighted by molar-refractivity contribution is 5.17. The Morgan fingerprint density at radius 2 is 2.00 bits per heavy atom. The van der Waals surface area contributed by atoms with Crippen LogP contribution in [-0.4, -0.2) is 36.3 Å². The van der Waals surface area contributed by atoms with Crippen molar-refractivity contribution in [2.45, 2.75) is 13.1 Å². The molecule has 1 aromatic heterocycles. The Balaban J connectivity index is 2.02. The van der Waals surface area contributed by atoms with Gasteiger partial charge in [-0.1, -0.05) is 36.4 Å². The molecule has 0 bridgehead atoms. The maximum atomic E-state index is 5.18. The number of aromatic nitrogens is 1. The minimum absolute atomic E-state index is 0.743. The van der Waals surface area contributed by atoms with E-state index in [2.05, 4.69) is 64.7 Å². The highest BCUT2D eigenvalue weighted by Crippen LogP contribution is 2.10. The van der Waals surface area contributed by atoms with E-state index in [4.69, 9.17) is 4.74 Å². The van der Waals surface area contributed by atoms with Crippen LogP contribution in [0.25, 0.3) is 0 Å². The summed E-state index contributed by atoms with van der Waals surface area (Å²) in [7, 11) is 1.74. The fraction of sp³-hybridized carbons (Fsp3) is 0.333. The van der Waals surface area contributed by atoms with Gasteiger partial charge in [0.25, 0.3) is 0 Å². The second kappa shape index (κ2) is 8.45. The molecule has 0 saturated carbocycles. The van der Waals surface area contributed by atoms with E-state index in [0.29, 0.717) is 0 Å². The predicted octanol–water partition coefficient (Wildman–Crippen LogP) is 3.17. The molecular weight excluding hydrogens is 260 g/mol. The van der Waals surface area contributed by atoms with E-state index >= 15 is 0 Å². The van der Waals surface area contributed by atoms with Gasteiger partial charge in [-0.2, -0.15) is 0 Å². The molecule has 0 unspecified atom stereocenters. The lowest BCUT2D eigenvalue weighted by Crippen LogP contribution is -2.28. The maximum Gasteiger partial charge on any atom is 0.0589 e. The van der Waals surface area contributed by atoms with Crippen LogP contribution < -0.4 is 0 Å². The molecule has 0 aliphatic carbocycles. The summed E-state index contributed by atoms with van der Waals surface area (Å²) >= 11 is 0. The lowest BCUT2D eigenvalue weighted by Gasteiger charge is -2.21. The van der Waals surface area contributed by atoms with Gasteiger partial charge in [0, 0.05) is 45.2 Å². The van der Waals surface area contributed by atoms with E-state index in [1.165, 1.54) is 11.3 Å². The summed E-state index contributed by atoms with van der Waals surface area (Å²) in [6.07, 6.45) is 4.09. The van der Waals surface area contributed by atoms with E-state index in [1.54, 1.807) is 7.11 Å². The third-order valence-electron chi connectivity index (χ3n) is 3.50. The largest absolute Gasteiger partial charge is 0.383 e. The Morgan fingerprint density at radius 3 is 2.71 bits per heavy atom. The van der Waals surface area contributed by atoms with E-state index in [-0.39, 0.29) is 0 Å². The van der Waals surface area contributed by atoms with Crippen LogP contribution in [0.4, 0.5) is 0 Å². The Morgan fingerprint density at radius 1 is 1.19 bits per heavy atom. The third-order valence-corrected chi connectivity index (χ3v) is 3.50. The number of hydrogen-bond acceptors (Lipinski definition) is 2. The molecule has 0 spiro atoms. The molecule has 1 heterocycles. The van der Waals surface area contributed by atoms with Gasteiger partial charge in [0.05, 0.1) is 6.61 Å². The summed E-state index contributed by atoms with van der Waals surface area (Å²) < 4.78 is 7.48. The van der Waals surface area contributed by atoms with E-state index < -0.39 is 0 Å². The number of nitrogens with zero attached hydrogens (tertiary/aromatic N) is 2. The van der Waals surface area contributed by atoms with E-state index in [1.807, 2.05) is 6.08 Å². The summed E-state index contributed by atoms with van der Waals surface area (Å²) in [5.41, 5.74) is 2.64. The zero-order valence-electron chi connectivity index (χ0n) is 12.7. The lowest BCUT2D eigenvalue weighted by molar-refractivity contribution is 0.150. The van der Waals surface area contributed by atoms with Crippen molar-refractivity contribution in [1.82, 2.24) is 9.47 Å². The number of ether oxygens (including phenoxy) is 1. The number of hydrogen-bond donors (Lipinski definition) is 0. The third kappa shape index (κ3) is 4.88. The van der Waals surface area contributed by atoms with Crippen LogP contribution >= 0.6 is 0 Å². The molecule has 2 aromatic rings. The van der Waals surface area contributed by atoms with Gasteiger partial charge >= 0.3 is 0 Å². The van der Waals surface area contributed by atoms with Crippen LogP contribution in [0.3, 0.4) is 0 Å². The average molecular weight is 284 g/mol. The van der Waals surface area contributed by atoms with Gasteiger partial charge in [0.1, 0.15) is 0 Å². The summed E-state index contributed by atoms with van der Waals surface area (Å²) in [6.45, 7) is 8.20. The van der Waals surface area contributed by atoms with Crippen LogP contribution in [0.1, 0.15) is 11.3 Å². The molecule has 112 valence electrons. The van der Waals surface area contributed by atoms with Crippen molar-refractivity contribution in [3.8, 4) is 0 Å². The highest BCUT2D eigenvalue weighted by Gasteiger charge is 2.08. The second-order valence-corrected chi connectivity index (χ2v) is 5.13. The molecule has 3 heteroatoms. The van der Waals surface area contributed by atoms with Crippen LogP contribution in [0.5, 0.6) is 0 Å². The van der Waals surface area contributed by atoms with Crippen molar-refractivity contribution in [2.24, 2.45) is 0 Å². The lowest BCUT2D eigenvalue weighted by atomic mass is 10.2. The molecule has 0 amide bonds. The van der Waals surface area contributed by atoms with E-state index in [9.17, 15) is 0 Å². The van der Waals surface area contributed by atoms with Crippen molar-refractivity contribution in [2.75, 3.05) is 26.8 Å². The predicted molar refractivity (Wildman–Crippen MR) is 87.3 cm³/mol. The zero-order valence-corrected chi connectivity index (χ0v) is 12.7. The van der Waals surface area contributed by atoms with Gasteiger partial charge in [-0.25, -0.2) is 0 Å². The first-order valence-electron chi connectivity index (χ1n) is 7.33. The summed E-state index contributed by atoms with van der Waals surface area (Å²) in [6, 6.07) is 14.8. The van der Waals surface area contributed by atoms with Gasteiger partial charge in [-0.3, -0.25) is 4.90 Å². The van der Waals surface area contributed by atoms with Crippen LogP contribution in [-0.2, 0) is 17.8 Å². The zero-order chi connectivity index (χ0) is 14.9. The molecule has 0 N–H and O–H groups in total. The quantitative estimate of drug-likeness (QED) is 0.658. The molecule has 3 nitrogen and oxygen atoms in total. The molecule has 0 saturated heterocycles. The number of methoxy groups -OCH3 is 1. The van der Waals surface area contributed by atoms with Crippen LogP contribution in [0.2, 0.25) is 0 Å². The van der Waals surface area contributed by atoms with Gasteiger partial charge in [-0.15, -0.1) is 6.58 Å². The molecule has 21 heavy (non-hydrogen) atoms. The summed E-state index contributed by atoms with van der Waals surface area (Å²) in [5, 5.41) is 0. The van der Waals surface area contributed by atoms with Crippen molar-refractivity contribution in [3.05, 3.63) is 72.6 Å². The number of rotatable bonds is 9. The first-order chi connectivity index (χ1) is 10.3.